The summed E-state index contributed by atoms with van der Waals surface area (Å²) in [6.45, 7) is 2.05. The van der Waals surface area contributed by atoms with E-state index in [4.69, 9.17) is 10.8 Å². The molecule has 5 heteroatoms. The van der Waals surface area contributed by atoms with Gasteiger partial charge in [0.25, 0.3) is 0 Å². The van der Waals surface area contributed by atoms with Gasteiger partial charge in [-0.1, -0.05) is 6.07 Å². The molecule has 0 amide bonds. The molecule has 1 aromatic carbocycles. The predicted octanol–water partition coefficient (Wildman–Crippen LogP) is 3.07. The van der Waals surface area contributed by atoms with Crippen LogP contribution in [0.3, 0.4) is 0 Å². The summed E-state index contributed by atoms with van der Waals surface area (Å²) < 4.78 is 0. The van der Waals surface area contributed by atoms with Crippen LogP contribution in [0.1, 0.15) is 22.8 Å². The molecular weight excluding hydrogens is 260 g/mol. The lowest BCUT2D eigenvalue weighted by Gasteiger charge is -2.17. The minimum atomic E-state index is -1.01. The number of carbonyl (C=O) groups is 1. The normalized spacial score (nSPS) is 12.1. The Balaban J connectivity index is 2.10. The van der Waals surface area contributed by atoms with E-state index in [1.54, 1.807) is 23.5 Å². The van der Waals surface area contributed by atoms with Crippen molar-refractivity contribution in [2.75, 3.05) is 11.1 Å². The molecule has 0 saturated carbocycles. The topological polar surface area (TPSA) is 75.3 Å². The van der Waals surface area contributed by atoms with Gasteiger partial charge in [-0.25, -0.2) is 4.79 Å². The second-order valence-corrected chi connectivity index (χ2v) is 5.23. The van der Waals surface area contributed by atoms with Gasteiger partial charge in [0, 0.05) is 6.04 Å². The summed E-state index contributed by atoms with van der Waals surface area (Å²) in [5.74, 6) is -1.01. The fraction of sp³-hybridized carbons (Fsp3) is 0.214. The first-order chi connectivity index (χ1) is 9.08. The van der Waals surface area contributed by atoms with E-state index < -0.39 is 5.97 Å². The van der Waals surface area contributed by atoms with Crippen molar-refractivity contribution in [3.63, 3.8) is 0 Å². The Morgan fingerprint density at radius 3 is 2.89 bits per heavy atom. The molecule has 1 unspecified atom stereocenters. The van der Waals surface area contributed by atoms with Crippen molar-refractivity contribution in [2.45, 2.75) is 19.4 Å². The van der Waals surface area contributed by atoms with Gasteiger partial charge in [0.15, 0.2) is 0 Å². The van der Waals surface area contributed by atoms with Crippen LogP contribution in [-0.2, 0) is 6.42 Å². The van der Waals surface area contributed by atoms with Gasteiger partial charge in [-0.2, -0.15) is 11.3 Å². The highest BCUT2D eigenvalue weighted by Gasteiger charge is 2.12. The number of anilines is 2. The number of carboxylic acid groups (broad SMARTS) is 1. The molecule has 0 saturated heterocycles. The molecule has 1 aromatic heterocycles. The fourth-order valence-corrected chi connectivity index (χ4v) is 2.64. The van der Waals surface area contributed by atoms with E-state index in [1.807, 2.05) is 12.3 Å². The zero-order chi connectivity index (χ0) is 13.8. The maximum atomic E-state index is 11.0. The number of para-hydroxylation sites is 1. The third kappa shape index (κ3) is 3.26. The summed E-state index contributed by atoms with van der Waals surface area (Å²) in [5, 5.41) is 16.4. The Morgan fingerprint density at radius 2 is 2.26 bits per heavy atom. The van der Waals surface area contributed by atoms with Gasteiger partial charge in [0.2, 0.25) is 0 Å². The fourth-order valence-electron chi connectivity index (χ4n) is 1.96. The third-order valence-corrected chi connectivity index (χ3v) is 3.59. The first-order valence-electron chi connectivity index (χ1n) is 5.97. The van der Waals surface area contributed by atoms with E-state index >= 15 is 0 Å². The van der Waals surface area contributed by atoms with Crippen molar-refractivity contribution in [2.24, 2.45) is 0 Å². The average Bonchev–Trinajstić information content (AvgIpc) is 2.84. The summed E-state index contributed by atoms with van der Waals surface area (Å²) in [6.07, 6.45) is 0.875. The predicted molar refractivity (Wildman–Crippen MR) is 78.9 cm³/mol. The smallest absolute Gasteiger partial charge is 0.337 e. The lowest BCUT2D eigenvalue weighted by molar-refractivity contribution is 0.0698. The van der Waals surface area contributed by atoms with E-state index in [0.29, 0.717) is 5.69 Å². The number of aromatic carboxylic acids is 1. The molecule has 4 nitrogen and oxygen atoms in total. The number of nitrogens with two attached hydrogens (primary N) is 1. The van der Waals surface area contributed by atoms with Crippen LogP contribution in [0.25, 0.3) is 0 Å². The standard InChI is InChI=1S/C14H16N2O2S/c1-9(7-10-5-6-19-8-10)16-12-4-2-3-11(13(12)15)14(17)18/h2-6,8-9,16H,7,15H2,1H3,(H,17,18). The first kappa shape index (κ1) is 13.4. The van der Waals surface area contributed by atoms with Crippen LogP contribution in [0.4, 0.5) is 11.4 Å². The number of nitrogen functional groups attached to an aromatic ring is 1. The molecule has 0 fully saturated rings. The Kier molecular flexibility index (Phi) is 4.06. The number of thiophene rings is 1. The second-order valence-electron chi connectivity index (χ2n) is 4.45. The Hall–Kier alpha value is -2.01. The number of nitrogens with one attached hydrogen (secondary N) is 1. The van der Waals surface area contributed by atoms with Gasteiger partial charge in [0.05, 0.1) is 16.9 Å². The van der Waals surface area contributed by atoms with Crippen molar-refractivity contribution in [3.05, 3.63) is 46.2 Å². The molecule has 4 N–H and O–H groups in total. The molecule has 2 aromatic rings. The van der Waals surface area contributed by atoms with E-state index in [-0.39, 0.29) is 17.3 Å². The van der Waals surface area contributed by atoms with Crippen LogP contribution in [-0.4, -0.2) is 17.1 Å². The Labute approximate surface area is 115 Å². The van der Waals surface area contributed by atoms with Crippen LogP contribution < -0.4 is 11.1 Å². The zero-order valence-corrected chi connectivity index (χ0v) is 11.4. The van der Waals surface area contributed by atoms with E-state index in [9.17, 15) is 4.79 Å². The molecule has 100 valence electrons. The Bertz CT molecular complexity index is 567. The molecule has 19 heavy (non-hydrogen) atoms. The number of benzene rings is 1. The lowest BCUT2D eigenvalue weighted by atomic mass is 10.1. The SMILES string of the molecule is CC(Cc1ccsc1)Nc1cccc(C(=O)O)c1N. The molecule has 0 aliphatic carbocycles. The van der Waals surface area contributed by atoms with Crippen molar-refractivity contribution >= 4 is 28.7 Å². The van der Waals surface area contributed by atoms with Gasteiger partial charge in [-0.05, 0) is 47.9 Å². The number of hydrogen-bond acceptors (Lipinski definition) is 4. The largest absolute Gasteiger partial charge is 0.478 e. The van der Waals surface area contributed by atoms with E-state index in [0.717, 1.165) is 6.42 Å². The van der Waals surface area contributed by atoms with Crippen LogP contribution in [0.5, 0.6) is 0 Å². The van der Waals surface area contributed by atoms with Gasteiger partial charge in [-0.15, -0.1) is 0 Å². The molecule has 2 rings (SSSR count). The number of rotatable bonds is 5. The maximum absolute atomic E-state index is 11.0. The number of carboxylic acids is 1. The summed E-state index contributed by atoms with van der Waals surface area (Å²) in [4.78, 5) is 11.0. The molecule has 0 bridgehead atoms. The van der Waals surface area contributed by atoms with Crippen LogP contribution in [0.2, 0.25) is 0 Å². The minimum absolute atomic E-state index is 0.132. The minimum Gasteiger partial charge on any atom is -0.478 e. The maximum Gasteiger partial charge on any atom is 0.337 e. The first-order valence-corrected chi connectivity index (χ1v) is 6.91. The van der Waals surface area contributed by atoms with Crippen LogP contribution in [0.15, 0.2) is 35.0 Å². The molecule has 0 aliphatic heterocycles. The van der Waals surface area contributed by atoms with Crippen molar-refractivity contribution < 1.29 is 9.90 Å². The molecule has 0 aliphatic rings. The van der Waals surface area contributed by atoms with Crippen LogP contribution >= 0.6 is 11.3 Å². The van der Waals surface area contributed by atoms with Gasteiger partial charge < -0.3 is 16.2 Å². The quantitative estimate of drug-likeness (QED) is 0.734. The summed E-state index contributed by atoms with van der Waals surface area (Å²) in [7, 11) is 0. The molecule has 1 heterocycles. The third-order valence-electron chi connectivity index (χ3n) is 2.86. The average molecular weight is 276 g/mol. The molecule has 0 radical (unpaired) electrons. The van der Waals surface area contributed by atoms with E-state index in [1.165, 1.54) is 11.6 Å². The molecule has 0 spiro atoms. The second kappa shape index (κ2) is 5.75. The summed E-state index contributed by atoms with van der Waals surface area (Å²) >= 11 is 1.67. The van der Waals surface area contributed by atoms with Gasteiger partial charge in [0.1, 0.15) is 0 Å². The van der Waals surface area contributed by atoms with Gasteiger partial charge in [-0.3, -0.25) is 0 Å². The highest BCUT2D eigenvalue weighted by Crippen LogP contribution is 2.24. The summed E-state index contributed by atoms with van der Waals surface area (Å²) in [5.41, 5.74) is 8.21. The number of hydrogen-bond donors (Lipinski definition) is 3. The molecular formula is C14H16N2O2S. The van der Waals surface area contributed by atoms with Crippen LogP contribution in [0, 0.1) is 0 Å². The zero-order valence-electron chi connectivity index (χ0n) is 10.6. The summed E-state index contributed by atoms with van der Waals surface area (Å²) in [6, 6.07) is 7.26. The van der Waals surface area contributed by atoms with Gasteiger partial charge >= 0.3 is 5.97 Å². The van der Waals surface area contributed by atoms with Crippen molar-refractivity contribution in [1.82, 2.24) is 0 Å². The highest BCUT2D eigenvalue weighted by molar-refractivity contribution is 7.07. The van der Waals surface area contributed by atoms with Crippen molar-refractivity contribution in [1.29, 1.82) is 0 Å². The highest BCUT2D eigenvalue weighted by atomic mass is 32.1. The van der Waals surface area contributed by atoms with E-state index in [2.05, 4.69) is 16.8 Å². The lowest BCUT2D eigenvalue weighted by Crippen LogP contribution is -2.19. The van der Waals surface area contributed by atoms with Crippen molar-refractivity contribution in [3.8, 4) is 0 Å². The monoisotopic (exact) mass is 276 g/mol. The Morgan fingerprint density at radius 1 is 1.47 bits per heavy atom. The molecule has 1 atom stereocenters.